The van der Waals surface area contributed by atoms with Crippen LogP contribution in [0.2, 0.25) is 0 Å². The molecule has 0 aromatic heterocycles. The Balaban J connectivity index is 2.41. The lowest BCUT2D eigenvalue weighted by atomic mass is 10.1. The number of nitrogens with one attached hydrogen (secondary N) is 1. The minimum atomic E-state index is -0.351. The molecular formula is C14H26N2O3. The van der Waals surface area contributed by atoms with Gasteiger partial charge in [-0.15, -0.1) is 0 Å². The summed E-state index contributed by atoms with van der Waals surface area (Å²) in [6, 6.07) is -0.351. The Bertz CT molecular complexity index is 294. The van der Waals surface area contributed by atoms with Gasteiger partial charge in [0.05, 0.1) is 6.61 Å². The zero-order chi connectivity index (χ0) is 14.1. The highest BCUT2D eigenvalue weighted by Gasteiger charge is 2.28. The van der Waals surface area contributed by atoms with E-state index in [0.29, 0.717) is 32.5 Å². The highest BCUT2D eigenvalue weighted by Crippen LogP contribution is 2.08. The highest BCUT2D eigenvalue weighted by atomic mass is 16.5. The third kappa shape index (κ3) is 5.59. The molecule has 5 nitrogen and oxygen atoms in total. The number of ether oxygens (including phenoxy) is 1. The van der Waals surface area contributed by atoms with Crippen LogP contribution in [0.4, 0.5) is 0 Å². The normalized spacial score (nSPS) is 20.3. The van der Waals surface area contributed by atoms with Crippen molar-refractivity contribution in [2.24, 2.45) is 0 Å². The molecule has 1 heterocycles. The van der Waals surface area contributed by atoms with E-state index >= 15 is 0 Å². The van der Waals surface area contributed by atoms with Crippen molar-refractivity contribution in [2.75, 3.05) is 26.3 Å². The van der Waals surface area contributed by atoms with E-state index in [9.17, 15) is 9.59 Å². The van der Waals surface area contributed by atoms with E-state index in [1.807, 2.05) is 6.92 Å². The molecule has 0 radical (unpaired) electrons. The van der Waals surface area contributed by atoms with Gasteiger partial charge in [0, 0.05) is 26.1 Å². The van der Waals surface area contributed by atoms with Crippen LogP contribution in [0.15, 0.2) is 0 Å². The minimum absolute atomic E-state index is 0.0267. The number of carbonyl (C=O) groups excluding carboxylic acids is 2. The van der Waals surface area contributed by atoms with Crippen LogP contribution in [0, 0.1) is 0 Å². The van der Waals surface area contributed by atoms with Crippen LogP contribution in [0.1, 0.15) is 46.0 Å². The number of carbonyl (C=O) groups is 2. The topological polar surface area (TPSA) is 58.6 Å². The van der Waals surface area contributed by atoms with Gasteiger partial charge < -0.3 is 15.0 Å². The first-order valence-electron chi connectivity index (χ1n) is 7.35. The van der Waals surface area contributed by atoms with Gasteiger partial charge in [-0.05, 0) is 12.8 Å². The average Bonchev–Trinajstić information content (AvgIpc) is 2.52. The number of rotatable bonds is 8. The Morgan fingerprint density at radius 2 is 2.05 bits per heavy atom. The fourth-order valence-corrected chi connectivity index (χ4v) is 2.12. The largest absolute Gasteiger partial charge is 0.380 e. The molecule has 0 saturated carbocycles. The van der Waals surface area contributed by atoms with Crippen LogP contribution < -0.4 is 5.32 Å². The Morgan fingerprint density at radius 3 is 2.74 bits per heavy atom. The lowest BCUT2D eigenvalue weighted by Crippen LogP contribution is -2.45. The first kappa shape index (κ1) is 16.0. The molecule has 1 N–H and O–H groups in total. The summed E-state index contributed by atoms with van der Waals surface area (Å²) in [5, 5.41) is 2.80. The average molecular weight is 270 g/mol. The molecule has 1 aliphatic heterocycles. The molecule has 1 rings (SSSR count). The standard InChI is InChI=1S/C14H26N2O3/c1-3-5-10-19-11-9-16-8-7-13(17)15-12(6-4-2)14(16)18/h12H,3-11H2,1-2H3,(H,15,17). The van der Waals surface area contributed by atoms with Gasteiger partial charge in [-0.2, -0.15) is 0 Å². The van der Waals surface area contributed by atoms with E-state index < -0.39 is 0 Å². The molecule has 0 aromatic carbocycles. The molecule has 1 atom stereocenters. The molecule has 1 aliphatic rings. The molecular weight excluding hydrogens is 244 g/mol. The van der Waals surface area contributed by atoms with E-state index in [4.69, 9.17) is 4.74 Å². The minimum Gasteiger partial charge on any atom is -0.380 e. The Morgan fingerprint density at radius 1 is 1.26 bits per heavy atom. The van der Waals surface area contributed by atoms with Crippen molar-refractivity contribution in [1.82, 2.24) is 10.2 Å². The van der Waals surface area contributed by atoms with Crippen molar-refractivity contribution >= 4 is 11.8 Å². The van der Waals surface area contributed by atoms with Gasteiger partial charge in [-0.1, -0.05) is 26.7 Å². The summed E-state index contributed by atoms with van der Waals surface area (Å²) in [4.78, 5) is 25.6. The zero-order valence-electron chi connectivity index (χ0n) is 12.1. The van der Waals surface area contributed by atoms with E-state index in [-0.39, 0.29) is 17.9 Å². The maximum atomic E-state index is 12.3. The molecule has 0 bridgehead atoms. The first-order chi connectivity index (χ1) is 9.19. The van der Waals surface area contributed by atoms with E-state index in [2.05, 4.69) is 12.2 Å². The fourth-order valence-electron chi connectivity index (χ4n) is 2.12. The summed E-state index contributed by atoms with van der Waals surface area (Å²) >= 11 is 0. The van der Waals surface area contributed by atoms with Gasteiger partial charge in [0.25, 0.3) is 0 Å². The molecule has 1 unspecified atom stereocenters. The summed E-state index contributed by atoms with van der Waals surface area (Å²) < 4.78 is 5.49. The van der Waals surface area contributed by atoms with Crippen molar-refractivity contribution in [3.05, 3.63) is 0 Å². The van der Waals surface area contributed by atoms with Gasteiger partial charge in [0.15, 0.2) is 0 Å². The number of hydrogen-bond donors (Lipinski definition) is 1. The molecule has 110 valence electrons. The number of hydrogen-bond acceptors (Lipinski definition) is 3. The van der Waals surface area contributed by atoms with Gasteiger partial charge in [-0.3, -0.25) is 9.59 Å². The lowest BCUT2D eigenvalue weighted by Gasteiger charge is -2.23. The quantitative estimate of drug-likeness (QED) is 0.677. The smallest absolute Gasteiger partial charge is 0.245 e. The molecule has 0 aliphatic carbocycles. The van der Waals surface area contributed by atoms with Gasteiger partial charge in [0.2, 0.25) is 11.8 Å². The highest BCUT2D eigenvalue weighted by molar-refractivity contribution is 5.89. The summed E-state index contributed by atoms with van der Waals surface area (Å²) in [5.74, 6) is 0.00740. The summed E-state index contributed by atoms with van der Waals surface area (Å²) in [6.07, 6.45) is 4.14. The van der Waals surface area contributed by atoms with Crippen LogP contribution >= 0.6 is 0 Å². The SMILES string of the molecule is CCCCOCCN1CCC(=O)NC(CCC)C1=O. The van der Waals surface area contributed by atoms with Crippen molar-refractivity contribution in [1.29, 1.82) is 0 Å². The number of nitrogens with zero attached hydrogens (tertiary/aromatic N) is 1. The number of unbranched alkanes of at least 4 members (excludes halogenated alkanes) is 1. The maximum absolute atomic E-state index is 12.3. The van der Waals surface area contributed by atoms with Crippen LogP contribution in [0.25, 0.3) is 0 Å². The predicted octanol–water partition coefficient (Wildman–Crippen LogP) is 1.32. The van der Waals surface area contributed by atoms with E-state index in [1.54, 1.807) is 4.90 Å². The molecule has 2 amide bonds. The fraction of sp³-hybridized carbons (Fsp3) is 0.857. The van der Waals surface area contributed by atoms with Crippen molar-refractivity contribution in [2.45, 2.75) is 52.0 Å². The number of amides is 2. The summed E-state index contributed by atoms with van der Waals surface area (Å²) in [5.41, 5.74) is 0. The first-order valence-corrected chi connectivity index (χ1v) is 7.35. The molecule has 1 saturated heterocycles. The van der Waals surface area contributed by atoms with Gasteiger partial charge in [0.1, 0.15) is 6.04 Å². The third-order valence-corrected chi connectivity index (χ3v) is 3.28. The van der Waals surface area contributed by atoms with Gasteiger partial charge >= 0.3 is 0 Å². The molecule has 0 spiro atoms. The van der Waals surface area contributed by atoms with Crippen molar-refractivity contribution in [3.8, 4) is 0 Å². The second-order valence-electron chi connectivity index (χ2n) is 4.95. The van der Waals surface area contributed by atoms with Crippen LogP contribution in [0.5, 0.6) is 0 Å². The lowest BCUT2D eigenvalue weighted by molar-refractivity contribution is -0.134. The van der Waals surface area contributed by atoms with E-state index in [0.717, 1.165) is 25.9 Å². The molecule has 5 heteroatoms. The monoisotopic (exact) mass is 270 g/mol. The zero-order valence-corrected chi connectivity index (χ0v) is 12.1. The summed E-state index contributed by atoms with van der Waals surface area (Å²) in [7, 11) is 0. The summed E-state index contributed by atoms with van der Waals surface area (Å²) in [6.45, 7) is 6.52. The van der Waals surface area contributed by atoms with E-state index in [1.165, 1.54) is 0 Å². The predicted molar refractivity (Wildman–Crippen MR) is 73.8 cm³/mol. The second kappa shape index (κ2) is 8.91. The molecule has 0 aromatic rings. The molecule has 1 fully saturated rings. The van der Waals surface area contributed by atoms with Crippen LogP contribution in [-0.2, 0) is 14.3 Å². The third-order valence-electron chi connectivity index (χ3n) is 3.28. The molecule has 19 heavy (non-hydrogen) atoms. The Labute approximate surface area is 115 Å². The van der Waals surface area contributed by atoms with Crippen molar-refractivity contribution in [3.63, 3.8) is 0 Å². The van der Waals surface area contributed by atoms with Crippen LogP contribution in [0.3, 0.4) is 0 Å². The second-order valence-corrected chi connectivity index (χ2v) is 4.95. The Hall–Kier alpha value is -1.10. The maximum Gasteiger partial charge on any atom is 0.245 e. The van der Waals surface area contributed by atoms with Crippen molar-refractivity contribution < 1.29 is 14.3 Å². The van der Waals surface area contributed by atoms with Gasteiger partial charge in [-0.25, -0.2) is 0 Å². The van der Waals surface area contributed by atoms with Crippen LogP contribution in [-0.4, -0.2) is 49.1 Å². The Kier molecular flexibility index (Phi) is 7.48.